The molecule has 1 unspecified atom stereocenters. The highest BCUT2D eigenvalue weighted by atomic mass is 35.5. The average molecular weight is 660 g/mol. The predicted molar refractivity (Wildman–Crippen MR) is 156 cm³/mol. The number of nitrogens with one attached hydrogen (secondary N) is 1. The van der Waals surface area contributed by atoms with Crippen molar-refractivity contribution < 1.29 is 41.4 Å². The van der Waals surface area contributed by atoms with E-state index in [1.54, 1.807) is 24.3 Å². The van der Waals surface area contributed by atoms with Crippen LogP contribution in [0.15, 0.2) is 72.2 Å². The summed E-state index contributed by atoms with van der Waals surface area (Å²) in [5.41, 5.74) is -3.32. The van der Waals surface area contributed by atoms with Gasteiger partial charge in [0.15, 0.2) is 5.72 Å². The molecular formula is C31H19ClF5N3O4S. The van der Waals surface area contributed by atoms with Crippen molar-refractivity contribution in [1.29, 1.82) is 0 Å². The Labute approximate surface area is 260 Å². The molecular weight excluding hydrogens is 641 g/mol. The van der Waals surface area contributed by atoms with E-state index in [0.29, 0.717) is 28.1 Å². The van der Waals surface area contributed by atoms with Crippen molar-refractivity contribution in [3.8, 4) is 5.75 Å². The third kappa shape index (κ3) is 5.26. The predicted octanol–water partition coefficient (Wildman–Crippen LogP) is 7.36. The van der Waals surface area contributed by atoms with E-state index < -0.39 is 46.5 Å². The summed E-state index contributed by atoms with van der Waals surface area (Å²) in [6.45, 7) is -0.237. The van der Waals surface area contributed by atoms with Gasteiger partial charge in [0, 0.05) is 28.3 Å². The number of anilines is 1. The summed E-state index contributed by atoms with van der Waals surface area (Å²) in [5.74, 6) is -3.49. The molecule has 4 aromatic carbocycles. The number of hydrogen-bond acceptors (Lipinski definition) is 6. The molecule has 2 amide bonds. The standard InChI is InChI=1S/C31H19ClF5N3O4S/c1-44-20-5-2-15(3-6-20)13-40-29(42)25-26(30(40,43)21-11-18(33)4-7-22(21)32)23(12-24-27(25)38-14-45-24)39-28(41)16-8-17(31(35,36)37)10-19(34)9-16/h2-12,14,43H,13H2,1H3,(H,39,41). The lowest BCUT2D eigenvalue weighted by molar-refractivity contribution is -0.137. The van der Waals surface area contributed by atoms with Crippen molar-refractivity contribution in [1.82, 2.24) is 9.88 Å². The summed E-state index contributed by atoms with van der Waals surface area (Å²) in [5, 5.41) is 14.9. The molecule has 0 spiro atoms. The van der Waals surface area contributed by atoms with Crippen LogP contribution in [-0.4, -0.2) is 33.9 Å². The first kappa shape index (κ1) is 30.4. The fraction of sp³-hybridized carbons (Fsp3) is 0.129. The normalized spacial score (nSPS) is 16.3. The molecule has 1 aliphatic rings. The molecule has 0 bridgehead atoms. The minimum Gasteiger partial charge on any atom is -0.497 e. The fourth-order valence-electron chi connectivity index (χ4n) is 5.31. The van der Waals surface area contributed by atoms with Crippen LogP contribution < -0.4 is 10.1 Å². The van der Waals surface area contributed by atoms with E-state index in [1.165, 1.54) is 24.8 Å². The van der Waals surface area contributed by atoms with Gasteiger partial charge in [-0.1, -0.05) is 23.7 Å². The highest BCUT2D eigenvalue weighted by molar-refractivity contribution is 7.16. The molecule has 1 aliphatic heterocycles. The van der Waals surface area contributed by atoms with Gasteiger partial charge < -0.3 is 15.2 Å². The van der Waals surface area contributed by atoms with Gasteiger partial charge in [-0.15, -0.1) is 11.3 Å². The molecule has 0 radical (unpaired) electrons. The number of benzene rings is 4. The number of ether oxygens (including phenoxy) is 1. The number of methoxy groups -OCH3 is 1. The number of fused-ring (bicyclic) bond motifs is 3. The zero-order valence-corrected chi connectivity index (χ0v) is 24.5. The van der Waals surface area contributed by atoms with Crippen molar-refractivity contribution in [3.63, 3.8) is 0 Å². The number of aromatic nitrogens is 1. The Bertz CT molecular complexity index is 2000. The van der Waals surface area contributed by atoms with Crippen LogP contribution in [0, 0.1) is 11.6 Å². The van der Waals surface area contributed by atoms with E-state index in [2.05, 4.69) is 10.3 Å². The zero-order valence-electron chi connectivity index (χ0n) is 22.9. The molecule has 45 heavy (non-hydrogen) atoms. The number of aliphatic hydroxyl groups is 1. The summed E-state index contributed by atoms with van der Waals surface area (Å²) in [4.78, 5) is 32.9. The van der Waals surface area contributed by atoms with E-state index in [0.717, 1.165) is 28.4 Å². The smallest absolute Gasteiger partial charge is 0.416 e. The van der Waals surface area contributed by atoms with E-state index in [9.17, 15) is 36.6 Å². The molecule has 2 N–H and O–H groups in total. The Morgan fingerprint density at radius 1 is 1.07 bits per heavy atom. The van der Waals surface area contributed by atoms with E-state index in [-0.39, 0.29) is 45.5 Å². The number of carbonyl (C=O) groups excluding carboxylic acids is 2. The van der Waals surface area contributed by atoms with Gasteiger partial charge in [0.2, 0.25) is 0 Å². The molecule has 5 aromatic rings. The number of halogens is 6. The first-order chi connectivity index (χ1) is 21.3. The largest absolute Gasteiger partial charge is 0.497 e. The average Bonchev–Trinajstić information content (AvgIpc) is 3.55. The first-order valence-electron chi connectivity index (χ1n) is 13.0. The summed E-state index contributed by atoms with van der Waals surface area (Å²) in [7, 11) is 1.48. The quantitative estimate of drug-likeness (QED) is 0.186. The third-order valence-electron chi connectivity index (χ3n) is 7.36. The summed E-state index contributed by atoms with van der Waals surface area (Å²) in [6.07, 6.45) is -4.94. The Morgan fingerprint density at radius 2 is 1.80 bits per heavy atom. The molecule has 0 fully saturated rings. The molecule has 2 heterocycles. The molecule has 0 saturated carbocycles. The maximum atomic E-state index is 14.7. The second-order valence-corrected chi connectivity index (χ2v) is 11.4. The van der Waals surface area contributed by atoms with Gasteiger partial charge in [-0.05, 0) is 60.2 Å². The van der Waals surface area contributed by atoms with E-state index in [4.69, 9.17) is 16.3 Å². The lowest BCUT2D eigenvalue weighted by Gasteiger charge is -2.36. The second kappa shape index (κ2) is 11.1. The number of rotatable bonds is 6. The minimum absolute atomic E-state index is 0.130. The van der Waals surface area contributed by atoms with Gasteiger partial charge >= 0.3 is 6.18 Å². The van der Waals surface area contributed by atoms with Crippen LogP contribution >= 0.6 is 22.9 Å². The minimum atomic E-state index is -4.94. The summed E-state index contributed by atoms with van der Waals surface area (Å²) < 4.78 is 74.6. The van der Waals surface area contributed by atoms with Crippen molar-refractivity contribution in [2.75, 3.05) is 12.4 Å². The van der Waals surface area contributed by atoms with Crippen molar-refractivity contribution >= 4 is 50.7 Å². The van der Waals surface area contributed by atoms with Gasteiger partial charge in [0.1, 0.15) is 17.4 Å². The summed E-state index contributed by atoms with van der Waals surface area (Å²) >= 11 is 7.57. The lowest BCUT2D eigenvalue weighted by atomic mass is 9.91. The van der Waals surface area contributed by atoms with Crippen LogP contribution in [0.2, 0.25) is 5.02 Å². The molecule has 1 atom stereocenters. The second-order valence-electron chi connectivity index (χ2n) is 10.1. The lowest BCUT2D eigenvalue weighted by Crippen LogP contribution is -2.44. The van der Waals surface area contributed by atoms with E-state index in [1.807, 2.05) is 0 Å². The molecule has 230 valence electrons. The highest BCUT2D eigenvalue weighted by Crippen LogP contribution is 2.51. The number of thiazole rings is 1. The van der Waals surface area contributed by atoms with E-state index >= 15 is 0 Å². The summed E-state index contributed by atoms with van der Waals surface area (Å²) in [6, 6.07) is 12.4. The van der Waals surface area contributed by atoms with Crippen LogP contribution in [0.3, 0.4) is 0 Å². The zero-order chi connectivity index (χ0) is 32.3. The van der Waals surface area contributed by atoms with Gasteiger partial charge in [-0.2, -0.15) is 13.2 Å². The monoisotopic (exact) mass is 659 g/mol. The number of alkyl halides is 3. The van der Waals surface area contributed by atoms with Gasteiger partial charge in [0.25, 0.3) is 11.8 Å². The number of hydrogen-bond donors (Lipinski definition) is 2. The molecule has 14 heteroatoms. The first-order valence-corrected chi connectivity index (χ1v) is 14.3. The maximum Gasteiger partial charge on any atom is 0.416 e. The molecule has 6 rings (SSSR count). The van der Waals surface area contributed by atoms with Crippen LogP contribution in [0.1, 0.15) is 43.0 Å². The van der Waals surface area contributed by atoms with Crippen molar-refractivity contribution in [2.45, 2.75) is 18.4 Å². The van der Waals surface area contributed by atoms with Crippen LogP contribution in [-0.2, 0) is 18.4 Å². The number of carbonyl (C=O) groups is 2. The Kier molecular flexibility index (Phi) is 7.50. The SMILES string of the molecule is COc1ccc(CN2C(=O)c3c(c(NC(=O)c4cc(F)cc(C(F)(F)F)c4)cc4scnc34)C2(O)c2cc(F)ccc2Cl)cc1. The van der Waals surface area contributed by atoms with Crippen molar-refractivity contribution in [3.05, 3.63) is 122 Å². The van der Waals surface area contributed by atoms with Crippen LogP contribution in [0.4, 0.5) is 27.6 Å². The van der Waals surface area contributed by atoms with Gasteiger partial charge in [-0.3, -0.25) is 14.5 Å². The third-order valence-corrected chi connectivity index (χ3v) is 8.47. The molecule has 0 saturated heterocycles. The Morgan fingerprint density at radius 3 is 2.49 bits per heavy atom. The van der Waals surface area contributed by atoms with Gasteiger partial charge in [-0.25, -0.2) is 13.8 Å². The van der Waals surface area contributed by atoms with Crippen LogP contribution in [0.5, 0.6) is 5.75 Å². The van der Waals surface area contributed by atoms with Crippen molar-refractivity contribution in [2.24, 2.45) is 0 Å². The molecule has 1 aromatic heterocycles. The maximum absolute atomic E-state index is 14.7. The number of nitrogens with zero attached hydrogens (tertiary/aromatic N) is 2. The highest BCUT2D eigenvalue weighted by Gasteiger charge is 2.54. The number of amides is 2. The fourth-order valence-corrected chi connectivity index (χ4v) is 6.28. The Balaban J connectivity index is 1.56. The topological polar surface area (TPSA) is 91.8 Å². The Hall–Kier alpha value is -4.59. The van der Waals surface area contributed by atoms with Gasteiger partial charge in [0.05, 0.1) is 39.7 Å². The molecule has 7 nitrogen and oxygen atoms in total. The van der Waals surface area contributed by atoms with Crippen LogP contribution in [0.25, 0.3) is 10.2 Å². The molecule has 0 aliphatic carbocycles.